The van der Waals surface area contributed by atoms with Crippen LogP contribution < -0.4 is 14.8 Å². The highest BCUT2D eigenvalue weighted by atomic mass is 16.6. The minimum absolute atomic E-state index is 0.167. The summed E-state index contributed by atoms with van der Waals surface area (Å²) in [4.78, 5) is 22.7. The monoisotopic (exact) mass is 521 g/mol. The Kier molecular flexibility index (Phi) is 7.92. The first-order chi connectivity index (χ1) is 19.0. The fourth-order valence-electron chi connectivity index (χ4n) is 4.90. The molecule has 39 heavy (non-hydrogen) atoms. The molecule has 0 aromatic heterocycles. The van der Waals surface area contributed by atoms with Gasteiger partial charge in [0, 0.05) is 34.4 Å². The highest BCUT2D eigenvalue weighted by Crippen LogP contribution is 2.34. The number of anilines is 1. The molecule has 0 saturated heterocycles. The van der Waals surface area contributed by atoms with Crippen LogP contribution in [0.1, 0.15) is 35.6 Å². The molecule has 1 N–H and O–H groups in total. The van der Waals surface area contributed by atoms with Crippen molar-refractivity contribution < 1.29 is 23.8 Å². The number of fused-ring (bicyclic) bond motifs is 3. The number of amides is 1. The zero-order chi connectivity index (χ0) is 27.2. The molecule has 1 amide bonds. The molecule has 0 radical (unpaired) electrons. The molecule has 3 aromatic carbocycles. The Bertz CT molecular complexity index is 1470. The molecule has 6 nitrogen and oxygen atoms in total. The number of allylic oxidation sites excluding steroid dienone is 2. The third-order valence-electron chi connectivity index (χ3n) is 6.93. The number of aryl methyl sites for hydroxylation is 1. The third-order valence-corrected chi connectivity index (χ3v) is 6.93. The molecule has 1 unspecified atom stereocenters. The van der Waals surface area contributed by atoms with E-state index in [9.17, 15) is 9.59 Å². The van der Waals surface area contributed by atoms with Crippen molar-refractivity contribution in [1.82, 2.24) is 0 Å². The lowest BCUT2D eigenvalue weighted by Crippen LogP contribution is -2.18. The Morgan fingerprint density at radius 3 is 2.69 bits per heavy atom. The van der Waals surface area contributed by atoms with E-state index in [1.54, 1.807) is 6.07 Å². The van der Waals surface area contributed by atoms with Gasteiger partial charge in [0.05, 0.1) is 0 Å². The van der Waals surface area contributed by atoms with Gasteiger partial charge in [-0.1, -0.05) is 49.0 Å². The van der Waals surface area contributed by atoms with Gasteiger partial charge in [0.2, 0.25) is 0 Å². The Labute approximate surface area is 228 Å². The van der Waals surface area contributed by atoms with Crippen LogP contribution in [0.25, 0.3) is 11.6 Å². The van der Waals surface area contributed by atoms with E-state index < -0.39 is 6.09 Å². The molecular weight excluding hydrogens is 490 g/mol. The summed E-state index contributed by atoms with van der Waals surface area (Å²) in [6.45, 7) is 6.39. The molecule has 6 heteroatoms. The lowest BCUT2D eigenvalue weighted by molar-refractivity contribution is -0.111. The Morgan fingerprint density at radius 1 is 1.05 bits per heavy atom. The predicted molar refractivity (Wildman–Crippen MR) is 153 cm³/mol. The van der Waals surface area contributed by atoms with E-state index in [0.29, 0.717) is 23.8 Å². The zero-order valence-electron chi connectivity index (χ0n) is 21.9. The molecule has 1 aliphatic carbocycles. The largest absolute Gasteiger partial charge is 0.488 e. The fraction of sp³-hybridized carbons (Fsp3) is 0.212. The number of carbonyl (C=O) groups excluding carboxylic acids is 2. The van der Waals surface area contributed by atoms with Crippen LogP contribution in [0.2, 0.25) is 0 Å². The number of benzene rings is 3. The molecule has 0 bridgehead atoms. The number of hydrogen-bond donors (Lipinski definition) is 1. The highest BCUT2D eigenvalue weighted by Gasteiger charge is 2.17. The molecule has 198 valence electrons. The second-order valence-electron chi connectivity index (χ2n) is 9.84. The van der Waals surface area contributed by atoms with Gasteiger partial charge in [-0.05, 0) is 73.2 Å². The fourth-order valence-corrected chi connectivity index (χ4v) is 4.90. The first-order valence-corrected chi connectivity index (χ1v) is 13.0. The van der Waals surface area contributed by atoms with Crippen molar-refractivity contribution >= 4 is 29.7 Å². The van der Waals surface area contributed by atoms with Crippen LogP contribution in [0.15, 0.2) is 90.7 Å². The molecule has 6 rings (SSSR count). The average Bonchev–Trinajstić information content (AvgIpc) is 2.95. The minimum Gasteiger partial charge on any atom is -0.488 e. The topological polar surface area (TPSA) is 73.9 Å². The summed E-state index contributed by atoms with van der Waals surface area (Å²) < 4.78 is 16.6. The van der Waals surface area contributed by atoms with Crippen molar-refractivity contribution in [2.24, 2.45) is 5.92 Å². The second-order valence-corrected chi connectivity index (χ2v) is 9.84. The van der Waals surface area contributed by atoms with E-state index in [-0.39, 0.29) is 12.5 Å². The number of carbonyl (C=O) groups is 2. The van der Waals surface area contributed by atoms with Crippen LogP contribution >= 0.6 is 0 Å². The standard InChI is InChI=1S/C22H19NO4.C11H12O/c1-14-9-15(2)27-21-11-18(7-8-19(14)21)23-22(24)26-13-16-10-17-5-3-4-6-20(17)25-12-16;12-8-9-5-6-10-3-1-2-4-11(10)7-9/h3-11H,2,12-13H2,1H3,(H,23,24);1-4,8-9H,5-7H2. The zero-order valence-corrected chi connectivity index (χ0v) is 21.9. The van der Waals surface area contributed by atoms with E-state index in [4.69, 9.17) is 14.2 Å². The summed E-state index contributed by atoms with van der Waals surface area (Å²) in [5, 5.41) is 2.72. The number of para-hydroxylation sites is 1. The van der Waals surface area contributed by atoms with Gasteiger partial charge in [0.15, 0.2) is 0 Å². The summed E-state index contributed by atoms with van der Waals surface area (Å²) in [7, 11) is 0. The first kappa shape index (κ1) is 26.0. The van der Waals surface area contributed by atoms with Gasteiger partial charge >= 0.3 is 6.09 Å². The quantitative estimate of drug-likeness (QED) is 0.374. The number of ether oxygens (including phenoxy) is 3. The maximum atomic E-state index is 12.1. The summed E-state index contributed by atoms with van der Waals surface area (Å²) in [5.74, 6) is 2.34. The molecule has 2 aliphatic heterocycles. The SMILES string of the molecule is C=C1C=C(C)c2ccc(NC(=O)OCC3=Cc4ccccc4OC3)cc2O1.O=CC1CCc2ccccc2C1. The highest BCUT2D eigenvalue weighted by molar-refractivity contribution is 5.86. The van der Waals surface area contributed by atoms with Crippen LogP contribution in [0.4, 0.5) is 10.5 Å². The molecule has 0 fully saturated rings. The predicted octanol–water partition coefficient (Wildman–Crippen LogP) is 7.01. The molecule has 2 heterocycles. The summed E-state index contributed by atoms with van der Waals surface area (Å²) >= 11 is 0. The van der Waals surface area contributed by atoms with Crippen LogP contribution in [0.3, 0.4) is 0 Å². The maximum absolute atomic E-state index is 12.1. The smallest absolute Gasteiger partial charge is 0.411 e. The molecule has 3 aromatic rings. The van der Waals surface area contributed by atoms with E-state index in [1.807, 2.05) is 61.5 Å². The van der Waals surface area contributed by atoms with E-state index in [1.165, 1.54) is 11.1 Å². The maximum Gasteiger partial charge on any atom is 0.411 e. The number of nitrogens with one attached hydrogen (secondary N) is 1. The molecule has 0 saturated carbocycles. The normalized spacial score (nSPS) is 16.7. The summed E-state index contributed by atoms with van der Waals surface area (Å²) in [5.41, 5.74) is 7.31. The van der Waals surface area contributed by atoms with Crippen molar-refractivity contribution in [2.45, 2.75) is 26.2 Å². The molecule has 1 atom stereocenters. The average molecular weight is 522 g/mol. The van der Waals surface area contributed by atoms with Gasteiger partial charge < -0.3 is 19.0 Å². The first-order valence-electron chi connectivity index (χ1n) is 13.0. The summed E-state index contributed by atoms with van der Waals surface area (Å²) in [6.07, 6.45) is 7.47. The Morgan fingerprint density at radius 2 is 1.85 bits per heavy atom. The van der Waals surface area contributed by atoms with Crippen molar-refractivity contribution in [3.8, 4) is 11.5 Å². The van der Waals surface area contributed by atoms with Crippen molar-refractivity contribution in [3.05, 3.63) is 113 Å². The molecule has 3 aliphatic rings. The lowest BCUT2D eigenvalue weighted by atomic mass is 9.85. The number of aldehydes is 1. The van der Waals surface area contributed by atoms with Gasteiger partial charge in [-0.25, -0.2) is 4.79 Å². The lowest BCUT2D eigenvalue weighted by Gasteiger charge is -2.19. The number of hydrogen-bond acceptors (Lipinski definition) is 5. The van der Waals surface area contributed by atoms with Gasteiger partial charge in [-0.3, -0.25) is 5.32 Å². The van der Waals surface area contributed by atoms with E-state index >= 15 is 0 Å². The van der Waals surface area contributed by atoms with E-state index in [2.05, 4.69) is 30.1 Å². The van der Waals surface area contributed by atoms with Crippen LogP contribution in [-0.4, -0.2) is 25.6 Å². The van der Waals surface area contributed by atoms with Crippen molar-refractivity contribution in [3.63, 3.8) is 0 Å². The molecular formula is C33H31NO5. The Balaban J connectivity index is 0.000000214. The second kappa shape index (κ2) is 11.9. The van der Waals surface area contributed by atoms with Gasteiger partial charge in [-0.15, -0.1) is 0 Å². The van der Waals surface area contributed by atoms with Crippen LogP contribution in [0.5, 0.6) is 11.5 Å². The van der Waals surface area contributed by atoms with Crippen LogP contribution in [-0.2, 0) is 22.4 Å². The van der Waals surface area contributed by atoms with E-state index in [0.717, 1.165) is 53.6 Å². The number of rotatable bonds is 4. The van der Waals surface area contributed by atoms with Crippen LogP contribution in [0, 0.1) is 5.92 Å². The van der Waals surface area contributed by atoms with Crippen molar-refractivity contribution in [1.29, 1.82) is 0 Å². The minimum atomic E-state index is -0.531. The van der Waals surface area contributed by atoms with Crippen molar-refractivity contribution in [2.75, 3.05) is 18.5 Å². The van der Waals surface area contributed by atoms with Gasteiger partial charge in [0.25, 0.3) is 0 Å². The summed E-state index contributed by atoms with van der Waals surface area (Å²) in [6, 6.07) is 21.6. The van der Waals surface area contributed by atoms with Gasteiger partial charge in [0.1, 0.15) is 36.8 Å². The Hall–Kier alpha value is -4.58. The molecule has 0 spiro atoms. The third kappa shape index (κ3) is 6.47. The van der Waals surface area contributed by atoms with Gasteiger partial charge in [-0.2, -0.15) is 0 Å².